The number of allylic oxidation sites excluding steroid dienone is 1. The van der Waals surface area contributed by atoms with E-state index in [0.717, 1.165) is 18.4 Å². The maximum Gasteiger partial charge on any atom is 0.161 e. The molecule has 1 rings (SSSR count). The van der Waals surface area contributed by atoms with Gasteiger partial charge in [-0.15, -0.1) is 0 Å². The van der Waals surface area contributed by atoms with E-state index in [4.69, 9.17) is 4.74 Å². The fourth-order valence-corrected chi connectivity index (χ4v) is 1.61. The Balaban J connectivity index is 2.66. The molecule has 0 aromatic carbocycles. The topological polar surface area (TPSA) is 26.3 Å². The van der Waals surface area contributed by atoms with Crippen LogP contribution in [-0.2, 0) is 9.53 Å². The summed E-state index contributed by atoms with van der Waals surface area (Å²) in [6.07, 6.45) is 4.16. The predicted molar refractivity (Wildman–Crippen MR) is 52.3 cm³/mol. The first-order valence-electron chi connectivity index (χ1n) is 4.89. The molecule has 0 bridgehead atoms. The van der Waals surface area contributed by atoms with Gasteiger partial charge in [-0.25, -0.2) is 0 Å². The molecule has 0 amide bonds. The molecule has 0 atom stereocenters. The Labute approximate surface area is 80.0 Å². The Morgan fingerprint density at radius 2 is 2.23 bits per heavy atom. The second-order valence-corrected chi connectivity index (χ2v) is 4.36. The van der Waals surface area contributed by atoms with Gasteiger partial charge in [-0.05, 0) is 25.2 Å². The molecule has 1 aliphatic carbocycles. The second kappa shape index (κ2) is 3.95. The number of carbonyl (C=O) groups excluding carboxylic acids is 1. The van der Waals surface area contributed by atoms with Crippen LogP contribution in [0.5, 0.6) is 0 Å². The first kappa shape index (κ1) is 10.3. The van der Waals surface area contributed by atoms with E-state index >= 15 is 0 Å². The van der Waals surface area contributed by atoms with Gasteiger partial charge in [0.1, 0.15) is 0 Å². The molecule has 0 radical (unpaired) electrons. The lowest BCUT2D eigenvalue weighted by molar-refractivity contribution is -0.117. The number of rotatable bonds is 2. The van der Waals surface area contributed by atoms with Crippen LogP contribution in [0, 0.1) is 5.41 Å². The van der Waals surface area contributed by atoms with Crippen LogP contribution in [0.4, 0.5) is 0 Å². The zero-order chi connectivity index (χ0) is 9.90. The van der Waals surface area contributed by atoms with Gasteiger partial charge in [0.15, 0.2) is 5.78 Å². The van der Waals surface area contributed by atoms with E-state index in [1.165, 1.54) is 0 Å². The lowest BCUT2D eigenvalue weighted by atomic mass is 9.75. The molecule has 2 nitrogen and oxygen atoms in total. The van der Waals surface area contributed by atoms with Gasteiger partial charge in [0.25, 0.3) is 0 Å². The van der Waals surface area contributed by atoms with Gasteiger partial charge in [0.2, 0.25) is 0 Å². The van der Waals surface area contributed by atoms with Crippen molar-refractivity contribution in [1.82, 2.24) is 0 Å². The molecule has 0 spiro atoms. The van der Waals surface area contributed by atoms with Crippen LogP contribution in [0.3, 0.4) is 0 Å². The highest BCUT2D eigenvalue weighted by molar-refractivity contribution is 5.95. The van der Waals surface area contributed by atoms with Gasteiger partial charge in [-0.1, -0.05) is 13.8 Å². The minimum Gasteiger partial charge on any atom is -0.501 e. The van der Waals surface area contributed by atoms with E-state index in [2.05, 4.69) is 13.8 Å². The zero-order valence-corrected chi connectivity index (χ0v) is 8.72. The van der Waals surface area contributed by atoms with Gasteiger partial charge in [-0.2, -0.15) is 0 Å². The fraction of sp³-hybridized carbons (Fsp3) is 0.727. The molecule has 2 heteroatoms. The van der Waals surface area contributed by atoms with Gasteiger partial charge < -0.3 is 4.74 Å². The van der Waals surface area contributed by atoms with Crippen LogP contribution in [0.1, 0.15) is 40.0 Å². The molecule has 0 aliphatic heterocycles. The first-order chi connectivity index (χ1) is 6.05. The molecule has 1 saturated carbocycles. The minimum absolute atomic E-state index is 0.257. The van der Waals surface area contributed by atoms with Crippen molar-refractivity contribution < 1.29 is 9.53 Å². The van der Waals surface area contributed by atoms with Crippen LogP contribution in [-0.4, -0.2) is 12.4 Å². The molecule has 0 aromatic heterocycles. The van der Waals surface area contributed by atoms with Crippen molar-refractivity contribution in [1.29, 1.82) is 0 Å². The molecule has 0 unspecified atom stereocenters. The van der Waals surface area contributed by atoms with Crippen molar-refractivity contribution in [2.24, 2.45) is 5.41 Å². The Morgan fingerprint density at radius 1 is 1.54 bits per heavy atom. The molecule has 0 N–H and O–H groups in total. The third-order valence-corrected chi connectivity index (χ3v) is 2.45. The molecular weight excluding hydrogens is 164 g/mol. The van der Waals surface area contributed by atoms with E-state index in [1.807, 2.05) is 6.92 Å². The molecule has 0 heterocycles. The van der Waals surface area contributed by atoms with Gasteiger partial charge >= 0.3 is 0 Å². The maximum atomic E-state index is 11.4. The molecule has 0 saturated heterocycles. The van der Waals surface area contributed by atoms with Crippen LogP contribution >= 0.6 is 0 Å². The Kier molecular flexibility index (Phi) is 3.12. The third kappa shape index (κ3) is 2.87. The van der Waals surface area contributed by atoms with Gasteiger partial charge in [0.05, 0.1) is 12.9 Å². The summed E-state index contributed by atoms with van der Waals surface area (Å²) in [6.45, 7) is 6.95. The van der Waals surface area contributed by atoms with E-state index < -0.39 is 0 Å². The monoisotopic (exact) mass is 182 g/mol. The van der Waals surface area contributed by atoms with Gasteiger partial charge in [-0.3, -0.25) is 4.79 Å². The lowest BCUT2D eigenvalue weighted by Gasteiger charge is -2.29. The highest BCUT2D eigenvalue weighted by Gasteiger charge is 2.29. The van der Waals surface area contributed by atoms with Crippen molar-refractivity contribution in [2.75, 3.05) is 6.61 Å². The number of ether oxygens (including phenoxy) is 1. The summed E-state index contributed by atoms with van der Waals surface area (Å²) in [5, 5.41) is 0. The summed E-state index contributed by atoms with van der Waals surface area (Å²) in [7, 11) is 0. The van der Waals surface area contributed by atoms with Crippen LogP contribution in [0.2, 0.25) is 0 Å². The normalized spacial score (nSPS) is 24.8. The highest BCUT2D eigenvalue weighted by Crippen LogP contribution is 2.36. The van der Waals surface area contributed by atoms with Crippen LogP contribution in [0.15, 0.2) is 11.8 Å². The molecular formula is C11H18O2. The maximum absolute atomic E-state index is 11.4. The molecule has 0 aromatic rings. The van der Waals surface area contributed by atoms with Crippen molar-refractivity contribution >= 4 is 5.78 Å². The molecule has 13 heavy (non-hydrogen) atoms. The third-order valence-electron chi connectivity index (χ3n) is 2.45. The first-order valence-corrected chi connectivity index (χ1v) is 4.89. The second-order valence-electron chi connectivity index (χ2n) is 4.36. The van der Waals surface area contributed by atoms with E-state index in [-0.39, 0.29) is 11.2 Å². The number of hydrogen-bond acceptors (Lipinski definition) is 2. The molecule has 74 valence electrons. The minimum atomic E-state index is 0.257. The summed E-state index contributed by atoms with van der Waals surface area (Å²) >= 11 is 0. The Bertz CT molecular complexity index is 226. The summed E-state index contributed by atoms with van der Waals surface area (Å²) in [6, 6.07) is 0. The number of carbonyl (C=O) groups is 1. The largest absolute Gasteiger partial charge is 0.501 e. The van der Waals surface area contributed by atoms with Crippen molar-refractivity contribution in [2.45, 2.75) is 40.0 Å². The summed E-state index contributed by atoms with van der Waals surface area (Å²) in [4.78, 5) is 11.4. The average Bonchev–Trinajstić information content (AvgIpc) is 2.07. The average molecular weight is 182 g/mol. The highest BCUT2D eigenvalue weighted by atomic mass is 16.5. The number of ketones is 1. The number of hydrogen-bond donors (Lipinski definition) is 0. The van der Waals surface area contributed by atoms with Crippen LogP contribution < -0.4 is 0 Å². The summed E-state index contributed by atoms with van der Waals surface area (Å²) in [5.74, 6) is 0.257. The predicted octanol–water partition coefficient (Wildman–Crippen LogP) is 2.69. The molecule has 1 fully saturated rings. The van der Waals surface area contributed by atoms with E-state index in [9.17, 15) is 4.79 Å². The van der Waals surface area contributed by atoms with Crippen molar-refractivity contribution in [3.8, 4) is 0 Å². The van der Waals surface area contributed by atoms with Crippen LogP contribution in [0.25, 0.3) is 0 Å². The quantitative estimate of drug-likeness (QED) is 0.485. The fourth-order valence-electron chi connectivity index (χ4n) is 1.61. The molecule has 1 aliphatic rings. The van der Waals surface area contributed by atoms with Crippen molar-refractivity contribution in [3.63, 3.8) is 0 Å². The lowest BCUT2D eigenvalue weighted by Crippen LogP contribution is -2.23. The van der Waals surface area contributed by atoms with Crippen molar-refractivity contribution in [3.05, 3.63) is 11.8 Å². The summed E-state index contributed by atoms with van der Waals surface area (Å²) in [5.41, 5.74) is 1.12. The Hall–Kier alpha value is -0.790. The standard InChI is InChI=1S/C11H18O2/c1-4-13-8-9-7-11(2,3)6-5-10(9)12/h8H,4-7H2,1-3H3/b9-8+. The number of Topliss-reactive ketones (excluding diaryl/α,β-unsaturated/α-hetero) is 1. The smallest absolute Gasteiger partial charge is 0.161 e. The SMILES string of the molecule is CCO/C=C1\CC(C)(C)CCC1=O. The summed E-state index contributed by atoms with van der Waals surface area (Å²) < 4.78 is 5.15. The zero-order valence-electron chi connectivity index (χ0n) is 8.72. The van der Waals surface area contributed by atoms with Gasteiger partial charge in [0, 0.05) is 12.0 Å². The van der Waals surface area contributed by atoms with E-state index in [1.54, 1.807) is 6.26 Å². The Morgan fingerprint density at radius 3 is 2.85 bits per heavy atom. The van der Waals surface area contributed by atoms with E-state index in [0.29, 0.717) is 13.0 Å².